The molecule has 1 atom stereocenters. The molecule has 1 heterocycles. The molecule has 0 aromatic heterocycles. The maximum Gasteiger partial charge on any atom is 0.337 e. The van der Waals surface area contributed by atoms with E-state index in [9.17, 15) is 9.59 Å². The number of hydrogen-bond acceptors (Lipinski definition) is 4. The Bertz CT molecular complexity index is 860. The second kappa shape index (κ2) is 7.95. The fourth-order valence-electron chi connectivity index (χ4n) is 2.96. The fraction of sp³-hybridized carbons (Fsp3) is 0.238. The molecule has 0 radical (unpaired) electrons. The van der Waals surface area contributed by atoms with Crippen LogP contribution in [-0.2, 0) is 16.1 Å². The highest BCUT2D eigenvalue weighted by atomic mass is 16.5. The number of ether oxygens (including phenoxy) is 2. The van der Waals surface area contributed by atoms with Crippen LogP contribution in [0, 0.1) is 0 Å². The summed E-state index contributed by atoms with van der Waals surface area (Å²) in [6.45, 7) is 2.20. The van der Waals surface area contributed by atoms with Gasteiger partial charge in [0, 0.05) is 12.7 Å². The van der Waals surface area contributed by atoms with Crippen LogP contribution in [0.3, 0.4) is 0 Å². The zero-order valence-corrected chi connectivity index (χ0v) is 15.6. The minimum Gasteiger partial charge on any atom is -0.489 e. The molecular formula is C21H22N2O4. The van der Waals surface area contributed by atoms with Gasteiger partial charge in [0.05, 0.1) is 18.7 Å². The Morgan fingerprint density at radius 1 is 1.11 bits per heavy atom. The van der Waals surface area contributed by atoms with Gasteiger partial charge in [-0.1, -0.05) is 42.5 Å². The number of hydrogen-bond donors (Lipinski definition) is 1. The third-order valence-electron chi connectivity index (χ3n) is 4.62. The molecule has 2 aromatic rings. The standard InChI is InChI=1S/C21H22N2O4/c1-14-18(20(24)26-3)19(22-21(25)23(14)2)16-9-11-17(12-10-16)27-13-15-7-5-4-6-8-15/h4-12,19H,13H2,1-3H3,(H,22,25). The van der Waals surface area contributed by atoms with Crippen molar-refractivity contribution < 1.29 is 19.1 Å². The van der Waals surface area contributed by atoms with E-state index in [4.69, 9.17) is 9.47 Å². The van der Waals surface area contributed by atoms with E-state index in [-0.39, 0.29) is 6.03 Å². The molecule has 0 bridgehead atoms. The summed E-state index contributed by atoms with van der Waals surface area (Å²) in [4.78, 5) is 25.8. The topological polar surface area (TPSA) is 67.9 Å². The lowest BCUT2D eigenvalue weighted by Gasteiger charge is -2.33. The Labute approximate surface area is 158 Å². The zero-order chi connectivity index (χ0) is 19.4. The molecular weight excluding hydrogens is 344 g/mol. The first-order valence-electron chi connectivity index (χ1n) is 8.61. The normalized spacial score (nSPS) is 16.8. The van der Waals surface area contributed by atoms with E-state index in [1.807, 2.05) is 54.6 Å². The predicted octanol–water partition coefficient (Wildman–Crippen LogP) is 3.41. The van der Waals surface area contributed by atoms with E-state index in [0.717, 1.165) is 11.1 Å². The molecule has 1 aliphatic rings. The molecule has 1 N–H and O–H groups in total. The van der Waals surface area contributed by atoms with Crippen LogP contribution in [0.2, 0.25) is 0 Å². The van der Waals surface area contributed by atoms with Gasteiger partial charge in [-0.05, 0) is 30.2 Å². The quantitative estimate of drug-likeness (QED) is 0.824. The van der Waals surface area contributed by atoms with Crippen molar-refractivity contribution >= 4 is 12.0 Å². The van der Waals surface area contributed by atoms with Crippen molar-refractivity contribution in [3.8, 4) is 5.75 Å². The molecule has 1 unspecified atom stereocenters. The molecule has 140 valence electrons. The first kappa shape index (κ1) is 18.5. The van der Waals surface area contributed by atoms with E-state index in [1.165, 1.54) is 12.0 Å². The Balaban J connectivity index is 1.80. The summed E-state index contributed by atoms with van der Waals surface area (Å²) < 4.78 is 10.7. The molecule has 0 fully saturated rings. The summed E-state index contributed by atoms with van der Waals surface area (Å²) in [5.41, 5.74) is 2.84. The lowest BCUT2D eigenvalue weighted by Crippen LogP contribution is -2.46. The highest BCUT2D eigenvalue weighted by Crippen LogP contribution is 2.31. The van der Waals surface area contributed by atoms with Gasteiger partial charge < -0.3 is 19.7 Å². The van der Waals surface area contributed by atoms with Crippen molar-refractivity contribution in [1.82, 2.24) is 10.2 Å². The van der Waals surface area contributed by atoms with E-state index in [2.05, 4.69) is 5.32 Å². The van der Waals surface area contributed by atoms with Crippen LogP contribution in [-0.4, -0.2) is 31.1 Å². The molecule has 2 amide bonds. The van der Waals surface area contributed by atoms with Crippen molar-refractivity contribution in [2.45, 2.75) is 19.6 Å². The number of rotatable bonds is 5. The number of carbonyl (C=O) groups is 2. The smallest absolute Gasteiger partial charge is 0.337 e. The molecule has 1 aliphatic heterocycles. The van der Waals surface area contributed by atoms with Gasteiger partial charge in [-0.3, -0.25) is 0 Å². The third kappa shape index (κ3) is 3.95. The average Bonchev–Trinajstić information content (AvgIpc) is 2.71. The molecule has 27 heavy (non-hydrogen) atoms. The van der Waals surface area contributed by atoms with Crippen molar-refractivity contribution in [3.05, 3.63) is 77.0 Å². The lowest BCUT2D eigenvalue weighted by molar-refractivity contribution is -0.136. The van der Waals surface area contributed by atoms with Crippen LogP contribution in [0.25, 0.3) is 0 Å². The first-order chi connectivity index (χ1) is 13.0. The number of carbonyl (C=O) groups excluding carboxylic acids is 2. The minimum atomic E-state index is -0.565. The van der Waals surface area contributed by atoms with Gasteiger partial charge in [-0.25, -0.2) is 9.59 Å². The number of esters is 1. The summed E-state index contributed by atoms with van der Waals surface area (Å²) >= 11 is 0. The number of methoxy groups -OCH3 is 1. The number of amides is 2. The van der Waals surface area contributed by atoms with Crippen LogP contribution >= 0.6 is 0 Å². The van der Waals surface area contributed by atoms with Crippen molar-refractivity contribution in [3.63, 3.8) is 0 Å². The van der Waals surface area contributed by atoms with Crippen LogP contribution < -0.4 is 10.1 Å². The van der Waals surface area contributed by atoms with Gasteiger partial charge in [-0.15, -0.1) is 0 Å². The van der Waals surface area contributed by atoms with Gasteiger partial charge in [-0.2, -0.15) is 0 Å². The van der Waals surface area contributed by atoms with E-state index < -0.39 is 12.0 Å². The van der Waals surface area contributed by atoms with E-state index >= 15 is 0 Å². The summed E-state index contributed by atoms with van der Waals surface area (Å²) in [6.07, 6.45) is 0. The van der Waals surface area contributed by atoms with Crippen LogP contribution in [0.15, 0.2) is 65.9 Å². The van der Waals surface area contributed by atoms with Crippen molar-refractivity contribution in [1.29, 1.82) is 0 Å². The first-order valence-corrected chi connectivity index (χ1v) is 8.61. The molecule has 0 spiro atoms. The molecule has 6 heteroatoms. The fourth-order valence-corrected chi connectivity index (χ4v) is 2.96. The van der Waals surface area contributed by atoms with Crippen LogP contribution in [0.4, 0.5) is 4.79 Å². The minimum absolute atomic E-state index is 0.269. The highest BCUT2D eigenvalue weighted by molar-refractivity contribution is 5.94. The van der Waals surface area contributed by atoms with Crippen LogP contribution in [0.5, 0.6) is 5.75 Å². The molecule has 2 aromatic carbocycles. The Hall–Kier alpha value is -3.28. The summed E-state index contributed by atoms with van der Waals surface area (Å²) in [7, 11) is 2.95. The molecule has 0 saturated heterocycles. The number of nitrogens with zero attached hydrogens (tertiary/aromatic N) is 1. The monoisotopic (exact) mass is 366 g/mol. The number of benzene rings is 2. The van der Waals surface area contributed by atoms with Gasteiger partial charge in [0.15, 0.2) is 0 Å². The second-order valence-corrected chi connectivity index (χ2v) is 6.28. The van der Waals surface area contributed by atoms with Crippen LogP contribution in [0.1, 0.15) is 24.1 Å². The average molecular weight is 366 g/mol. The molecule has 0 saturated carbocycles. The van der Waals surface area contributed by atoms with Gasteiger partial charge in [0.25, 0.3) is 0 Å². The molecule has 3 rings (SSSR count). The van der Waals surface area contributed by atoms with Gasteiger partial charge in [0.1, 0.15) is 12.4 Å². The predicted molar refractivity (Wildman–Crippen MR) is 101 cm³/mol. The Kier molecular flexibility index (Phi) is 5.45. The van der Waals surface area contributed by atoms with Gasteiger partial charge in [0.2, 0.25) is 0 Å². The largest absolute Gasteiger partial charge is 0.489 e. The summed E-state index contributed by atoms with van der Waals surface area (Å²) in [5.74, 6) is 0.246. The summed E-state index contributed by atoms with van der Waals surface area (Å²) in [6, 6.07) is 16.4. The highest BCUT2D eigenvalue weighted by Gasteiger charge is 2.34. The Morgan fingerprint density at radius 2 is 1.78 bits per heavy atom. The number of urea groups is 1. The maximum absolute atomic E-state index is 12.3. The molecule has 6 nitrogen and oxygen atoms in total. The lowest BCUT2D eigenvalue weighted by atomic mass is 9.95. The van der Waals surface area contributed by atoms with Gasteiger partial charge >= 0.3 is 12.0 Å². The van der Waals surface area contributed by atoms with E-state index in [1.54, 1.807) is 14.0 Å². The van der Waals surface area contributed by atoms with Crippen molar-refractivity contribution in [2.75, 3.05) is 14.2 Å². The number of allylic oxidation sites excluding steroid dienone is 1. The SMILES string of the molecule is COC(=O)C1=C(C)N(C)C(=O)NC1c1ccc(OCc2ccccc2)cc1. The zero-order valence-electron chi connectivity index (χ0n) is 15.6. The summed E-state index contributed by atoms with van der Waals surface area (Å²) in [5, 5.41) is 2.84. The Morgan fingerprint density at radius 3 is 2.41 bits per heavy atom. The number of nitrogens with one attached hydrogen (secondary N) is 1. The second-order valence-electron chi connectivity index (χ2n) is 6.28. The van der Waals surface area contributed by atoms with Crippen molar-refractivity contribution in [2.24, 2.45) is 0 Å². The third-order valence-corrected chi connectivity index (χ3v) is 4.62. The van der Waals surface area contributed by atoms with E-state index in [0.29, 0.717) is 23.6 Å². The maximum atomic E-state index is 12.3. The molecule has 0 aliphatic carbocycles.